The predicted octanol–water partition coefficient (Wildman–Crippen LogP) is 1.93. The lowest BCUT2D eigenvalue weighted by atomic mass is 10.1. The minimum absolute atomic E-state index is 0.0653. The molecule has 1 N–H and O–H groups in total. The van der Waals surface area contributed by atoms with Gasteiger partial charge in [0.05, 0.1) is 17.7 Å². The molecule has 0 atom stereocenters. The van der Waals surface area contributed by atoms with Crippen molar-refractivity contribution in [2.75, 3.05) is 14.1 Å². The van der Waals surface area contributed by atoms with Gasteiger partial charge in [0, 0.05) is 14.1 Å². The molecule has 0 fully saturated rings. The second kappa shape index (κ2) is 8.09. The van der Waals surface area contributed by atoms with Gasteiger partial charge in [0.2, 0.25) is 0 Å². The molecule has 0 aliphatic carbocycles. The molecule has 2 rings (SSSR count). The summed E-state index contributed by atoms with van der Waals surface area (Å²) in [5.74, 6) is -1.84. The molecule has 0 saturated carbocycles. The number of benzene rings is 2. The molecule has 0 aliphatic heterocycles. The first-order chi connectivity index (χ1) is 12.2. The van der Waals surface area contributed by atoms with E-state index in [9.17, 15) is 18.0 Å². The van der Waals surface area contributed by atoms with Crippen molar-refractivity contribution in [3.05, 3.63) is 65.2 Å². The van der Waals surface area contributed by atoms with E-state index in [0.29, 0.717) is 5.56 Å². The van der Waals surface area contributed by atoms with Crippen molar-refractivity contribution in [3.63, 3.8) is 0 Å². The summed E-state index contributed by atoms with van der Waals surface area (Å²) in [6.45, 7) is -0.170. The van der Waals surface area contributed by atoms with Crippen LogP contribution in [0.1, 0.15) is 26.3 Å². The zero-order chi connectivity index (χ0) is 19.3. The third-order valence-electron chi connectivity index (χ3n) is 3.33. The van der Waals surface area contributed by atoms with Crippen LogP contribution in [0.5, 0.6) is 5.75 Å². The van der Waals surface area contributed by atoms with Crippen molar-refractivity contribution in [2.24, 2.45) is 0 Å². The highest BCUT2D eigenvalue weighted by atomic mass is 32.2. The van der Waals surface area contributed by atoms with E-state index < -0.39 is 22.2 Å². The number of carboxylic acids is 1. The molecule has 8 nitrogen and oxygen atoms in total. The molecule has 0 bridgehead atoms. The molecule has 2 aromatic rings. The van der Waals surface area contributed by atoms with Crippen LogP contribution in [0.2, 0.25) is 0 Å². The number of ether oxygens (including phenoxy) is 1. The largest absolute Gasteiger partial charge is 0.478 e. The van der Waals surface area contributed by atoms with Crippen LogP contribution in [-0.4, -0.2) is 43.9 Å². The van der Waals surface area contributed by atoms with Gasteiger partial charge in [-0.3, -0.25) is 4.18 Å². The summed E-state index contributed by atoms with van der Waals surface area (Å²) >= 11 is 0. The second-order valence-corrected chi connectivity index (χ2v) is 7.21. The lowest BCUT2D eigenvalue weighted by Crippen LogP contribution is -2.24. The fraction of sp³-hybridized carbons (Fsp3) is 0.176. The summed E-state index contributed by atoms with van der Waals surface area (Å²) in [5.41, 5.74) is 0.335. The molecule has 0 saturated heterocycles. The Morgan fingerprint density at radius 1 is 1.00 bits per heavy atom. The number of carbonyl (C=O) groups is 2. The van der Waals surface area contributed by atoms with E-state index in [-0.39, 0.29) is 23.5 Å². The van der Waals surface area contributed by atoms with Crippen molar-refractivity contribution in [3.8, 4) is 5.75 Å². The first kappa shape index (κ1) is 19.6. The Morgan fingerprint density at radius 3 is 2.12 bits per heavy atom. The summed E-state index contributed by atoms with van der Waals surface area (Å²) in [7, 11) is -1.07. The third kappa shape index (κ3) is 4.88. The predicted molar refractivity (Wildman–Crippen MR) is 92.2 cm³/mol. The van der Waals surface area contributed by atoms with E-state index in [4.69, 9.17) is 14.0 Å². The van der Waals surface area contributed by atoms with E-state index in [1.807, 2.05) is 0 Å². The van der Waals surface area contributed by atoms with Crippen molar-refractivity contribution in [1.29, 1.82) is 0 Å². The highest BCUT2D eigenvalue weighted by Gasteiger charge is 2.18. The molecule has 26 heavy (non-hydrogen) atoms. The molecular formula is C17H17NO7S. The summed E-state index contributed by atoms with van der Waals surface area (Å²) in [6, 6.07) is 11.7. The average molecular weight is 379 g/mol. The standard InChI is InChI=1S/C17H17NO7S/c1-18(2)26(22,23)24-11-12-7-9-13(10-8-12)25-17(21)15-6-4-3-5-14(15)16(19)20/h3-10H,11H2,1-2H3,(H,19,20). The lowest BCUT2D eigenvalue weighted by Gasteiger charge is -2.11. The van der Waals surface area contributed by atoms with Gasteiger partial charge in [-0.25, -0.2) is 9.59 Å². The summed E-state index contributed by atoms with van der Waals surface area (Å²) < 4.78 is 34.0. The van der Waals surface area contributed by atoms with Crippen LogP contribution in [0, 0.1) is 0 Å². The summed E-state index contributed by atoms with van der Waals surface area (Å²) in [6.07, 6.45) is 0. The van der Waals surface area contributed by atoms with Crippen LogP contribution >= 0.6 is 0 Å². The van der Waals surface area contributed by atoms with Gasteiger partial charge in [-0.15, -0.1) is 0 Å². The number of hydrogen-bond donors (Lipinski definition) is 1. The van der Waals surface area contributed by atoms with Crippen LogP contribution in [0.4, 0.5) is 0 Å². The number of hydrogen-bond acceptors (Lipinski definition) is 6. The Morgan fingerprint density at radius 2 is 1.58 bits per heavy atom. The molecule has 2 aromatic carbocycles. The number of rotatable bonds is 7. The van der Waals surface area contributed by atoms with Crippen molar-refractivity contribution < 1.29 is 32.0 Å². The number of carboxylic acid groups (broad SMARTS) is 1. The fourth-order valence-corrected chi connectivity index (χ4v) is 2.41. The smallest absolute Gasteiger partial charge is 0.344 e. The van der Waals surface area contributed by atoms with Gasteiger partial charge in [0.15, 0.2) is 0 Å². The maximum atomic E-state index is 12.2. The van der Waals surface area contributed by atoms with Crippen molar-refractivity contribution in [2.45, 2.75) is 6.61 Å². The van der Waals surface area contributed by atoms with E-state index in [0.717, 1.165) is 4.31 Å². The molecular weight excluding hydrogens is 362 g/mol. The Kier molecular flexibility index (Phi) is 6.09. The average Bonchev–Trinajstić information content (AvgIpc) is 2.61. The Hall–Kier alpha value is -2.75. The van der Waals surface area contributed by atoms with Crippen LogP contribution < -0.4 is 4.74 Å². The summed E-state index contributed by atoms with van der Waals surface area (Å²) in [5, 5.41) is 9.11. The normalized spacial score (nSPS) is 11.3. The minimum atomic E-state index is -3.78. The number of aromatic carboxylic acids is 1. The van der Waals surface area contributed by atoms with Crippen molar-refractivity contribution >= 4 is 22.2 Å². The molecule has 0 aliphatic rings. The number of esters is 1. The van der Waals surface area contributed by atoms with E-state index in [1.165, 1.54) is 62.6 Å². The SMILES string of the molecule is CN(C)S(=O)(=O)OCc1ccc(OC(=O)c2ccccc2C(=O)O)cc1. The van der Waals surface area contributed by atoms with Gasteiger partial charge in [-0.05, 0) is 29.8 Å². The number of nitrogens with zero attached hydrogens (tertiary/aromatic N) is 1. The van der Waals surface area contributed by atoms with E-state index in [1.54, 1.807) is 0 Å². The van der Waals surface area contributed by atoms with Gasteiger partial charge in [0.25, 0.3) is 0 Å². The second-order valence-electron chi connectivity index (χ2n) is 5.39. The van der Waals surface area contributed by atoms with E-state index in [2.05, 4.69) is 0 Å². The van der Waals surface area contributed by atoms with Crippen LogP contribution in [0.15, 0.2) is 48.5 Å². The molecule has 0 heterocycles. The Balaban J connectivity index is 2.06. The van der Waals surface area contributed by atoms with E-state index >= 15 is 0 Å². The van der Waals surface area contributed by atoms with Crippen LogP contribution in [0.3, 0.4) is 0 Å². The first-order valence-electron chi connectivity index (χ1n) is 7.41. The topological polar surface area (TPSA) is 110 Å². The molecule has 9 heteroatoms. The Bertz CT molecular complexity index is 905. The first-order valence-corrected chi connectivity index (χ1v) is 8.77. The molecule has 0 unspecified atom stereocenters. The van der Waals surface area contributed by atoms with Crippen LogP contribution in [0.25, 0.3) is 0 Å². The van der Waals surface area contributed by atoms with Gasteiger partial charge >= 0.3 is 22.2 Å². The molecule has 138 valence electrons. The van der Waals surface area contributed by atoms with Gasteiger partial charge in [0.1, 0.15) is 5.75 Å². The van der Waals surface area contributed by atoms with Gasteiger partial charge in [-0.2, -0.15) is 12.7 Å². The molecule has 0 spiro atoms. The number of carbonyl (C=O) groups excluding carboxylic acids is 1. The zero-order valence-electron chi connectivity index (χ0n) is 14.1. The molecule has 0 aromatic heterocycles. The van der Waals surface area contributed by atoms with Crippen molar-refractivity contribution in [1.82, 2.24) is 4.31 Å². The summed E-state index contributed by atoms with van der Waals surface area (Å²) in [4.78, 5) is 23.3. The quantitative estimate of drug-likeness (QED) is 0.578. The highest BCUT2D eigenvalue weighted by Crippen LogP contribution is 2.17. The third-order valence-corrected chi connectivity index (χ3v) is 4.64. The zero-order valence-corrected chi connectivity index (χ0v) is 14.9. The van der Waals surface area contributed by atoms with Gasteiger partial charge in [-0.1, -0.05) is 24.3 Å². The molecule has 0 amide bonds. The van der Waals surface area contributed by atoms with Crippen LogP contribution in [-0.2, 0) is 21.1 Å². The highest BCUT2D eigenvalue weighted by molar-refractivity contribution is 7.84. The van der Waals surface area contributed by atoms with Gasteiger partial charge < -0.3 is 9.84 Å². The minimum Gasteiger partial charge on any atom is -0.478 e. The maximum Gasteiger partial charge on any atom is 0.344 e. The lowest BCUT2D eigenvalue weighted by molar-refractivity contribution is 0.0668. The fourth-order valence-electron chi connectivity index (χ4n) is 1.91. The monoisotopic (exact) mass is 379 g/mol. The molecule has 0 radical (unpaired) electrons. The maximum absolute atomic E-state index is 12.2. The Labute approximate surface area is 150 Å².